The third-order valence-corrected chi connectivity index (χ3v) is 8.14. The minimum absolute atomic E-state index is 0.118. The third kappa shape index (κ3) is 7.07. The average Bonchev–Trinajstić information content (AvgIpc) is 3.06. The van der Waals surface area contributed by atoms with Gasteiger partial charge in [-0.05, 0) is 96.9 Å². The lowest BCUT2D eigenvalue weighted by molar-refractivity contribution is -0.686. The van der Waals surface area contributed by atoms with Gasteiger partial charge in [-0.2, -0.15) is 0 Å². The van der Waals surface area contributed by atoms with Crippen LogP contribution in [0.25, 0.3) is 21.5 Å². The van der Waals surface area contributed by atoms with Crippen molar-refractivity contribution in [2.75, 3.05) is 0 Å². The zero-order valence-electron chi connectivity index (χ0n) is 26.2. The van der Waals surface area contributed by atoms with Crippen molar-refractivity contribution < 1.29 is 19.3 Å². The van der Waals surface area contributed by atoms with Crippen LogP contribution in [0.5, 0.6) is 11.5 Å². The minimum Gasteiger partial charge on any atom is -0.506 e. The van der Waals surface area contributed by atoms with E-state index in [9.17, 15) is 10.2 Å². The van der Waals surface area contributed by atoms with Crippen molar-refractivity contribution in [3.05, 3.63) is 121 Å². The number of pyridine rings is 2. The van der Waals surface area contributed by atoms with E-state index < -0.39 is 0 Å². The molecule has 6 aromatic rings. The molecule has 0 aliphatic carbocycles. The molecule has 2 N–H and O–H groups in total. The maximum absolute atomic E-state index is 10.5. The number of nitrogens with zero attached hydrogens (tertiary/aromatic N) is 6. The minimum atomic E-state index is 0.118. The van der Waals surface area contributed by atoms with Gasteiger partial charge >= 0.3 is 11.6 Å². The summed E-state index contributed by atoms with van der Waals surface area (Å²) in [6.07, 6.45) is 8.18. The standard InChI is InChI=1S/C38H36N6O2/c1-27-13-15-29-17-19-33(45)37(31(29)25-27)41-39-35-11-5-9-23-43(35)21-7-3-4-8-22-44-24-10-6-12-36(44)40-42-38-32-26-28(2)14-16-30(32)18-20-34(38)46/h5-6,9-20,23-26H,3-4,7-8,21-22H2,1-2H3/p+2. The molecule has 46 heavy (non-hydrogen) atoms. The molecule has 0 bridgehead atoms. The molecule has 0 saturated carbocycles. The second-order valence-corrected chi connectivity index (χ2v) is 11.6. The molecule has 8 heteroatoms. The monoisotopic (exact) mass is 610 g/mol. The number of benzene rings is 4. The number of phenols is 2. The number of azo groups is 2. The summed E-state index contributed by atoms with van der Waals surface area (Å²) in [5, 5.41) is 42.9. The highest BCUT2D eigenvalue weighted by Gasteiger charge is 2.14. The molecule has 0 saturated heterocycles. The zero-order valence-corrected chi connectivity index (χ0v) is 26.2. The molecule has 0 atom stereocenters. The number of phenolic OH excluding ortho intramolecular Hbond substituents is 2. The summed E-state index contributed by atoms with van der Waals surface area (Å²) in [4.78, 5) is 0. The van der Waals surface area contributed by atoms with Gasteiger partial charge in [-0.3, -0.25) is 0 Å². The first-order valence-electron chi connectivity index (χ1n) is 15.7. The van der Waals surface area contributed by atoms with Gasteiger partial charge in [0.1, 0.15) is 11.5 Å². The largest absolute Gasteiger partial charge is 0.506 e. The van der Waals surface area contributed by atoms with E-state index in [-0.39, 0.29) is 11.5 Å². The summed E-state index contributed by atoms with van der Waals surface area (Å²) in [5.74, 6) is 1.72. The maximum atomic E-state index is 10.5. The van der Waals surface area contributed by atoms with Crippen LogP contribution in [0.1, 0.15) is 36.8 Å². The zero-order chi connectivity index (χ0) is 31.9. The molecule has 0 spiro atoms. The fraction of sp³-hybridized carbons (Fsp3) is 0.211. The molecule has 4 aromatic carbocycles. The van der Waals surface area contributed by atoms with Crippen molar-refractivity contribution in [3.8, 4) is 11.5 Å². The molecule has 2 aromatic heterocycles. The Balaban J connectivity index is 1.06. The molecule has 8 nitrogen and oxygen atoms in total. The summed E-state index contributed by atoms with van der Waals surface area (Å²) < 4.78 is 4.21. The van der Waals surface area contributed by atoms with Crippen molar-refractivity contribution in [2.45, 2.75) is 52.6 Å². The highest BCUT2D eigenvalue weighted by atomic mass is 16.3. The Kier molecular flexibility index (Phi) is 9.34. The first kappa shape index (κ1) is 30.5. The number of aromatic hydroxyl groups is 2. The number of rotatable bonds is 11. The molecule has 0 amide bonds. The lowest BCUT2D eigenvalue weighted by atomic mass is 10.1. The van der Waals surface area contributed by atoms with Crippen LogP contribution in [-0.2, 0) is 13.1 Å². The molecule has 230 valence electrons. The maximum Gasteiger partial charge on any atom is 0.350 e. The predicted octanol–water partition coefficient (Wildman–Crippen LogP) is 9.69. The van der Waals surface area contributed by atoms with Crippen molar-refractivity contribution >= 4 is 44.6 Å². The summed E-state index contributed by atoms with van der Waals surface area (Å²) in [6, 6.07) is 31.1. The number of aromatic nitrogens is 2. The highest BCUT2D eigenvalue weighted by molar-refractivity contribution is 5.96. The Morgan fingerprint density at radius 3 is 1.39 bits per heavy atom. The van der Waals surface area contributed by atoms with Gasteiger partial charge in [0, 0.05) is 22.9 Å². The van der Waals surface area contributed by atoms with Gasteiger partial charge < -0.3 is 10.2 Å². The van der Waals surface area contributed by atoms with E-state index in [1.165, 1.54) is 0 Å². The van der Waals surface area contributed by atoms with E-state index in [0.29, 0.717) is 11.4 Å². The van der Waals surface area contributed by atoms with Gasteiger partial charge in [0.25, 0.3) is 0 Å². The van der Waals surface area contributed by atoms with Crippen LogP contribution in [0.15, 0.2) is 130 Å². The van der Waals surface area contributed by atoms with Gasteiger partial charge in [-0.1, -0.05) is 59.7 Å². The third-order valence-electron chi connectivity index (χ3n) is 8.14. The van der Waals surface area contributed by atoms with E-state index in [4.69, 9.17) is 0 Å². The highest BCUT2D eigenvalue weighted by Crippen LogP contribution is 2.37. The number of hydrogen-bond acceptors (Lipinski definition) is 6. The van der Waals surface area contributed by atoms with Crippen LogP contribution in [0.3, 0.4) is 0 Å². The Bertz CT molecular complexity index is 1910. The van der Waals surface area contributed by atoms with Crippen LogP contribution < -0.4 is 9.13 Å². The smallest absolute Gasteiger partial charge is 0.350 e. The quantitative estimate of drug-likeness (QED) is 0.0867. The van der Waals surface area contributed by atoms with Crippen LogP contribution in [0.4, 0.5) is 23.0 Å². The Morgan fingerprint density at radius 1 is 0.500 bits per heavy atom. The second kappa shape index (κ2) is 14.1. The summed E-state index contributed by atoms with van der Waals surface area (Å²) in [6.45, 7) is 5.70. The molecular weight excluding hydrogens is 572 g/mol. The summed E-state index contributed by atoms with van der Waals surface area (Å²) >= 11 is 0. The van der Waals surface area contributed by atoms with Gasteiger partial charge in [0.05, 0.1) is 35.7 Å². The van der Waals surface area contributed by atoms with Gasteiger partial charge in [-0.15, -0.1) is 0 Å². The van der Waals surface area contributed by atoms with E-state index >= 15 is 0 Å². The number of unbranched alkanes of at least 4 members (excludes halogenated alkanes) is 3. The van der Waals surface area contributed by atoms with Crippen LogP contribution in [-0.4, -0.2) is 10.2 Å². The van der Waals surface area contributed by atoms with Gasteiger partial charge in [-0.25, -0.2) is 9.13 Å². The molecule has 0 unspecified atom stereocenters. The van der Waals surface area contributed by atoms with Crippen molar-refractivity contribution in [3.63, 3.8) is 0 Å². The Morgan fingerprint density at radius 2 is 0.935 bits per heavy atom. The fourth-order valence-corrected chi connectivity index (χ4v) is 5.64. The topological polar surface area (TPSA) is 97.7 Å². The predicted molar refractivity (Wildman–Crippen MR) is 181 cm³/mol. The van der Waals surface area contributed by atoms with Crippen LogP contribution in [0, 0.1) is 13.8 Å². The molecule has 0 fully saturated rings. The van der Waals surface area contributed by atoms with E-state index in [2.05, 4.69) is 41.7 Å². The molecule has 6 rings (SSSR count). The molecule has 0 radical (unpaired) electrons. The van der Waals surface area contributed by atoms with Crippen molar-refractivity contribution in [2.24, 2.45) is 20.5 Å². The van der Waals surface area contributed by atoms with Gasteiger partial charge in [0.2, 0.25) is 0 Å². The van der Waals surface area contributed by atoms with Crippen LogP contribution in [0.2, 0.25) is 0 Å². The molecule has 2 heterocycles. The number of hydrogen-bond donors (Lipinski definition) is 2. The number of aryl methyl sites for hydroxylation is 4. The van der Waals surface area contributed by atoms with E-state index in [0.717, 1.165) is 83.1 Å². The lowest BCUT2D eigenvalue weighted by Gasteiger charge is -2.05. The average molecular weight is 611 g/mol. The van der Waals surface area contributed by atoms with E-state index in [1.807, 2.05) is 99.0 Å². The first-order valence-corrected chi connectivity index (χ1v) is 15.7. The lowest BCUT2D eigenvalue weighted by Crippen LogP contribution is -2.34. The normalized spacial score (nSPS) is 11.8. The van der Waals surface area contributed by atoms with Crippen molar-refractivity contribution in [1.82, 2.24) is 0 Å². The van der Waals surface area contributed by atoms with Crippen LogP contribution >= 0.6 is 0 Å². The van der Waals surface area contributed by atoms with E-state index in [1.54, 1.807) is 12.1 Å². The molecule has 0 aliphatic heterocycles. The van der Waals surface area contributed by atoms with Gasteiger partial charge in [0.15, 0.2) is 11.4 Å². The summed E-state index contributed by atoms with van der Waals surface area (Å²) in [7, 11) is 0. The molecular formula is C38H38N6O2+2. The number of fused-ring (bicyclic) bond motifs is 2. The second-order valence-electron chi connectivity index (χ2n) is 11.6. The molecule has 0 aliphatic rings. The Labute approximate surface area is 268 Å². The van der Waals surface area contributed by atoms with Crippen molar-refractivity contribution in [1.29, 1.82) is 0 Å². The Hall–Kier alpha value is -5.50. The summed E-state index contributed by atoms with van der Waals surface area (Å²) in [5.41, 5.74) is 3.18. The first-order chi connectivity index (χ1) is 22.5. The fourth-order valence-electron chi connectivity index (χ4n) is 5.64. The SMILES string of the molecule is Cc1ccc2ccc(O)c(N=Nc3cccc[n+]3CCCCCC[n+]3ccccc3N=Nc3c(O)ccc4ccc(C)cc34)c2c1.